The molecule has 0 aromatic heterocycles. The first-order chi connectivity index (χ1) is 7.91. The minimum atomic E-state index is -3.74. The summed E-state index contributed by atoms with van der Waals surface area (Å²) >= 11 is 0. The fourth-order valence-electron chi connectivity index (χ4n) is 2.14. The van der Waals surface area contributed by atoms with Crippen molar-refractivity contribution in [3.05, 3.63) is 29.8 Å². The number of nitrogens with two attached hydrogens (primary N) is 1. The Bertz CT molecular complexity index is 530. The molecule has 2 N–H and O–H groups in total. The maximum atomic E-state index is 13.4. The molecule has 0 spiro atoms. The van der Waals surface area contributed by atoms with Crippen LogP contribution in [0.4, 0.5) is 8.78 Å². The highest BCUT2D eigenvalue weighted by Gasteiger charge is 2.35. The molecule has 2 rings (SSSR count). The quantitative estimate of drug-likeness (QED) is 0.823. The number of rotatable bonds is 2. The molecule has 1 fully saturated rings. The van der Waals surface area contributed by atoms with E-state index in [0.717, 1.165) is 12.1 Å². The number of halogens is 2. The topological polar surface area (TPSA) is 60.2 Å². The van der Waals surface area contributed by atoms with Gasteiger partial charge in [0.2, 0.25) is 0 Å². The first-order valence-electron chi connectivity index (χ1n) is 5.36. The van der Waals surface area contributed by atoms with E-state index in [1.807, 2.05) is 0 Å². The molecule has 6 heteroatoms. The molecule has 17 heavy (non-hydrogen) atoms. The number of hydrogen-bond acceptors (Lipinski definition) is 3. The SMILES string of the molecule is NC1CCC(S(=O)(=O)c2ccc(F)cc2F)C1. The van der Waals surface area contributed by atoms with Gasteiger partial charge in [0.05, 0.1) is 5.25 Å². The molecule has 1 aliphatic rings. The van der Waals surface area contributed by atoms with Crippen LogP contribution in [0.5, 0.6) is 0 Å². The molecule has 3 nitrogen and oxygen atoms in total. The van der Waals surface area contributed by atoms with Crippen LogP contribution < -0.4 is 5.73 Å². The van der Waals surface area contributed by atoms with Crippen molar-refractivity contribution in [2.24, 2.45) is 5.73 Å². The Morgan fingerprint density at radius 1 is 1.24 bits per heavy atom. The summed E-state index contributed by atoms with van der Waals surface area (Å²) in [4.78, 5) is -0.432. The minimum absolute atomic E-state index is 0.154. The molecule has 0 saturated heterocycles. The van der Waals surface area contributed by atoms with Gasteiger partial charge in [0.1, 0.15) is 16.5 Å². The highest BCUT2D eigenvalue weighted by Crippen LogP contribution is 2.30. The summed E-state index contributed by atoms with van der Waals surface area (Å²) < 4.78 is 50.4. The third-order valence-corrected chi connectivity index (χ3v) is 5.31. The third kappa shape index (κ3) is 2.32. The summed E-state index contributed by atoms with van der Waals surface area (Å²) in [6.45, 7) is 0. The summed E-state index contributed by atoms with van der Waals surface area (Å²) in [6, 6.07) is 2.36. The van der Waals surface area contributed by atoms with Gasteiger partial charge in [-0.1, -0.05) is 0 Å². The van der Waals surface area contributed by atoms with Gasteiger partial charge in [-0.05, 0) is 31.4 Å². The summed E-state index contributed by atoms with van der Waals surface area (Å²) in [6.07, 6.45) is 1.38. The molecular weight excluding hydrogens is 248 g/mol. The Balaban J connectivity index is 2.38. The Hall–Kier alpha value is -1.01. The van der Waals surface area contributed by atoms with Crippen molar-refractivity contribution in [3.63, 3.8) is 0 Å². The van der Waals surface area contributed by atoms with Crippen LogP contribution in [0.25, 0.3) is 0 Å². The average molecular weight is 261 g/mol. The van der Waals surface area contributed by atoms with Crippen LogP contribution in [-0.4, -0.2) is 19.7 Å². The van der Waals surface area contributed by atoms with Crippen molar-refractivity contribution in [1.82, 2.24) is 0 Å². The fourth-order valence-corrected chi connectivity index (χ4v) is 4.04. The predicted octanol–water partition coefficient (Wildman–Crippen LogP) is 1.62. The smallest absolute Gasteiger partial charge is 0.184 e. The van der Waals surface area contributed by atoms with E-state index in [1.54, 1.807) is 0 Å². The molecule has 0 amide bonds. The second-order valence-electron chi connectivity index (χ2n) is 4.31. The van der Waals surface area contributed by atoms with Gasteiger partial charge in [-0.3, -0.25) is 0 Å². The zero-order valence-electron chi connectivity index (χ0n) is 9.07. The van der Waals surface area contributed by atoms with Crippen molar-refractivity contribution in [3.8, 4) is 0 Å². The number of sulfone groups is 1. The first-order valence-corrected chi connectivity index (χ1v) is 6.90. The molecule has 0 radical (unpaired) electrons. The van der Waals surface area contributed by atoms with E-state index in [-0.39, 0.29) is 6.04 Å². The average Bonchev–Trinajstić information content (AvgIpc) is 2.64. The standard InChI is InChI=1S/C11H13F2NO2S/c12-7-1-4-11(10(13)5-7)17(15,16)9-3-2-8(14)6-9/h1,4-5,8-9H,2-3,6,14H2. The highest BCUT2D eigenvalue weighted by molar-refractivity contribution is 7.92. The monoisotopic (exact) mass is 261 g/mol. The number of benzene rings is 1. The van der Waals surface area contributed by atoms with Crippen LogP contribution in [0.15, 0.2) is 23.1 Å². The van der Waals surface area contributed by atoms with Gasteiger partial charge in [0.25, 0.3) is 0 Å². The lowest BCUT2D eigenvalue weighted by Gasteiger charge is -2.12. The number of hydrogen-bond donors (Lipinski definition) is 1. The van der Waals surface area contributed by atoms with Crippen molar-refractivity contribution in [2.45, 2.75) is 35.4 Å². The van der Waals surface area contributed by atoms with E-state index < -0.39 is 31.6 Å². The van der Waals surface area contributed by atoms with E-state index in [9.17, 15) is 17.2 Å². The Morgan fingerprint density at radius 3 is 2.47 bits per heavy atom. The predicted molar refractivity (Wildman–Crippen MR) is 59.2 cm³/mol. The molecule has 1 saturated carbocycles. The zero-order chi connectivity index (χ0) is 12.6. The lowest BCUT2D eigenvalue weighted by Crippen LogP contribution is -2.23. The summed E-state index contributed by atoms with van der Waals surface area (Å²) in [5.41, 5.74) is 5.64. The normalized spacial score (nSPS) is 25.1. The Labute approximate surface area is 98.5 Å². The van der Waals surface area contributed by atoms with E-state index in [4.69, 9.17) is 5.73 Å². The van der Waals surface area contributed by atoms with E-state index in [2.05, 4.69) is 0 Å². The summed E-state index contributed by atoms with van der Waals surface area (Å²) in [5, 5.41) is -0.655. The fraction of sp³-hybridized carbons (Fsp3) is 0.455. The maximum Gasteiger partial charge on any atom is 0.184 e. The molecule has 1 aliphatic carbocycles. The van der Waals surface area contributed by atoms with Gasteiger partial charge < -0.3 is 5.73 Å². The molecule has 0 heterocycles. The third-order valence-electron chi connectivity index (χ3n) is 3.06. The minimum Gasteiger partial charge on any atom is -0.328 e. The van der Waals surface area contributed by atoms with Crippen LogP contribution in [0.1, 0.15) is 19.3 Å². The highest BCUT2D eigenvalue weighted by atomic mass is 32.2. The lowest BCUT2D eigenvalue weighted by molar-refractivity contribution is 0.542. The Kier molecular flexibility index (Phi) is 3.18. The van der Waals surface area contributed by atoms with Crippen LogP contribution in [0, 0.1) is 11.6 Å². The largest absolute Gasteiger partial charge is 0.328 e. The van der Waals surface area contributed by atoms with Crippen LogP contribution in [0.3, 0.4) is 0 Å². The lowest BCUT2D eigenvalue weighted by atomic mass is 10.3. The van der Waals surface area contributed by atoms with Gasteiger partial charge in [0.15, 0.2) is 9.84 Å². The van der Waals surface area contributed by atoms with Crippen LogP contribution >= 0.6 is 0 Å². The molecular formula is C11H13F2NO2S. The molecule has 94 valence electrons. The van der Waals surface area contributed by atoms with Crippen molar-refractivity contribution >= 4 is 9.84 Å². The molecule has 2 atom stereocenters. The van der Waals surface area contributed by atoms with Crippen LogP contribution in [0.2, 0.25) is 0 Å². The molecule has 2 unspecified atom stereocenters. The van der Waals surface area contributed by atoms with E-state index >= 15 is 0 Å². The summed E-state index contributed by atoms with van der Waals surface area (Å²) in [5.74, 6) is -1.82. The second kappa shape index (κ2) is 4.34. The van der Waals surface area contributed by atoms with Gasteiger partial charge in [-0.2, -0.15) is 0 Å². The van der Waals surface area contributed by atoms with Crippen LogP contribution in [-0.2, 0) is 9.84 Å². The second-order valence-corrected chi connectivity index (χ2v) is 6.51. The molecule has 1 aromatic rings. The van der Waals surface area contributed by atoms with Gasteiger partial charge in [0, 0.05) is 12.1 Å². The molecule has 1 aromatic carbocycles. The van der Waals surface area contributed by atoms with Crippen molar-refractivity contribution in [2.75, 3.05) is 0 Å². The van der Waals surface area contributed by atoms with E-state index in [1.165, 1.54) is 0 Å². The maximum absolute atomic E-state index is 13.4. The zero-order valence-corrected chi connectivity index (χ0v) is 9.88. The van der Waals surface area contributed by atoms with Gasteiger partial charge in [-0.25, -0.2) is 17.2 Å². The summed E-state index contributed by atoms with van der Waals surface area (Å²) in [7, 11) is -3.74. The van der Waals surface area contributed by atoms with Crippen molar-refractivity contribution in [1.29, 1.82) is 0 Å². The first kappa shape index (κ1) is 12.4. The van der Waals surface area contributed by atoms with Gasteiger partial charge in [-0.15, -0.1) is 0 Å². The van der Waals surface area contributed by atoms with Crippen molar-refractivity contribution < 1.29 is 17.2 Å². The Morgan fingerprint density at radius 2 is 1.94 bits per heavy atom. The molecule has 0 bridgehead atoms. The molecule has 0 aliphatic heterocycles. The van der Waals surface area contributed by atoms with Gasteiger partial charge >= 0.3 is 0 Å². The van der Waals surface area contributed by atoms with E-state index in [0.29, 0.717) is 25.3 Å².